The minimum absolute atomic E-state index is 0. The van der Waals surface area contributed by atoms with Gasteiger partial charge in [-0.25, -0.2) is 4.79 Å². The molecule has 0 fully saturated rings. The summed E-state index contributed by atoms with van der Waals surface area (Å²) in [6.07, 6.45) is -0.190. The van der Waals surface area contributed by atoms with E-state index in [1.165, 1.54) is 6.07 Å². The van der Waals surface area contributed by atoms with Crippen LogP contribution in [0, 0.1) is 0 Å². The van der Waals surface area contributed by atoms with Gasteiger partial charge in [0, 0.05) is 12.4 Å². The summed E-state index contributed by atoms with van der Waals surface area (Å²) in [5.41, 5.74) is 0.893. The quantitative estimate of drug-likeness (QED) is 0.430. The van der Waals surface area contributed by atoms with Crippen LogP contribution in [0.3, 0.4) is 0 Å². The topological polar surface area (TPSA) is 125 Å². The number of carboxylic acids is 2. The summed E-state index contributed by atoms with van der Waals surface area (Å²) in [6, 6.07) is 9.91. The van der Waals surface area contributed by atoms with Crippen LogP contribution in [0.5, 0.6) is 5.75 Å². The molecule has 0 saturated carbocycles. The third-order valence-corrected chi connectivity index (χ3v) is 2.76. The number of aliphatic carboxylic acids is 1. The first-order valence-corrected chi connectivity index (χ1v) is 6.20. The number of hydrogen-bond donors (Lipinski definition) is 1. The summed E-state index contributed by atoms with van der Waals surface area (Å²) in [4.78, 5) is 21.3. The fourth-order valence-corrected chi connectivity index (χ4v) is 1.71. The van der Waals surface area contributed by atoms with Crippen LogP contribution in [0.4, 0.5) is 11.4 Å². The summed E-state index contributed by atoms with van der Waals surface area (Å²) < 4.78 is 0. The van der Waals surface area contributed by atoms with Crippen molar-refractivity contribution in [1.82, 2.24) is 0 Å². The summed E-state index contributed by atoms with van der Waals surface area (Å²) in [7, 11) is 0. The molecule has 0 radical (unpaired) electrons. The van der Waals surface area contributed by atoms with Crippen molar-refractivity contribution in [2.24, 2.45) is 10.2 Å². The van der Waals surface area contributed by atoms with Crippen LogP contribution in [0.1, 0.15) is 15.9 Å². The predicted molar refractivity (Wildman–Crippen MR) is 72.2 cm³/mol. The van der Waals surface area contributed by atoms with Crippen LogP contribution in [0.2, 0.25) is 0 Å². The van der Waals surface area contributed by atoms with Crippen LogP contribution in [-0.2, 0) is 11.2 Å². The molecule has 0 unspecified atom stereocenters. The van der Waals surface area contributed by atoms with Crippen LogP contribution in [-0.4, -0.2) is 17.0 Å². The van der Waals surface area contributed by atoms with Gasteiger partial charge in [0.15, 0.2) is 0 Å². The summed E-state index contributed by atoms with van der Waals surface area (Å²) in [5.74, 6) is -3.10. The summed E-state index contributed by atoms with van der Waals surface area (Å²) >= 11 is 0. The summed E-state index contributed by atoms with van der Waals surface area (Å²) in [6.45, 7) is 0. The van der Waals surface area contributed by atoms with E-state index >= 15 is 0 Å². The van der Waals surface area contributed by atoms with E-state index in [1.54, 1.807) is 24.3 Å². The minimum atomic E-state index is -1.33. The minimum Gasteiger partial charge on any atom is -0.872 e. The maximum atomic E-state index is 11.3. The number of carbonyl (C=O) groups excluding carboxylic acids is 1. The number of aromatic carboxylic acids is 1. The van der Waals surface area contributed by atoms with E-state index in [0.717, 1.165) is 12.1 Å². The molecule has 0 aliphatic heterocycles. The maximum absolute atomic E-state index is 11.3. The Kier molecular flexibility index (Phi) is 10.1. The van der Waals surface area contributed by atoms with Crippen molar-refractivity contribution >= 4 is 23.3 Å². The van der Waals surface area contributed by atoms with Gasteiger partial charge in [-0.05, 0) is 29.8 Å². The molecular weight excluding hydrogens is 334 g/mol. The van der Waals surface area contributed by atoms with Crippen molar-refractivity contribution in [2.75, 3.05) is 0 Å². The normalized spacial score (nSPS) is 9.83. The zero-order valence-corrected chi connectivity index (χ0v) is 17.2. The molecule has 0 aromatic heterocycles. The molecule has 1 N–H and O–H groups in total. The Morgan fingerprint density at radius 3 is 2.04 bits per heavy atom. The van der Waals surface area contributed by atoms with E-state index in [1.807, 2.05) is 0 Å². The van der Waals surface area contributed by atoms with E-state index in [9.17, 15) is 19.8 Å². The first kappa shape index (κ1) is 22.8. The molecule has 0 saturated heterocycles. The molecular formula is C15H10N2Na2O5. The van der Waals surface area contributed by atoms with Gasteiger partial charge >= 0.3 is 65.1 Å². The van der Waals surface area contributed by atoms with Crippen LogP contribution < -0.4 is 69.3 Å². The average molecular weight is 344 g/mol. The molecule has 112 valence electrons. The molecule has 0 heterocycles. The van der Waals surface area contributed by atoms with E-state index in [4.69, 9.17) is 5.11 Å². The fraction of sp³-hybridized carbons (Fsp3) is 0.0667. The Hall–Kier alpha value is -1.22. The number of carboxylic acid groups (broad SMARTS) is 2. The number of carbonyl (C=O) groups is 2. The second kappa shape index (κ2) is 10.6. The number of nitrogens with zero attached hydrogens (tertiary/aromatic N) is 2. The molecule has 2 rings (SSSR count). The molecule has 9 heteroatoms. The Morgan fingerprint density at radius 1 is 0.958 bits per heavy atom. The van der Waals surface area contributed by atoms with Crippen molar-refractivity contribution in [3.63, 3.8) is 0 Å². The van der Waals surface area contributed by atoms with Gasteiger partial charge in [-0.3, -0.25) is 0 Å². The summed E-state index contributed by atoms with van der Waals surface area (Å²) in [5, 5.41) is 38.4. The number of azo groups is 1. The van der Waals surface area contributed by atoms with Crippen molar-refractivity contribution in [3.05, 3.63) is 53.6 Å². The van der Waals surface area contributed by atoms with E-state index < -0.39 is 17.7 Å². The van der Waals surface area contributed by atoms with Crippen LogP contribution in [0.25, 0.3) is 0 Å². The monoisotopic (exact) mass is 344 g/mol. The number of hydrogen-bond acceptors (Lipinski definition) is 6. The van der Waals surface area contributed by atoms with Gasteiger partial charge in [0.25, 0.3) is 0 Å². The van der Waals surface area contributed by atoms with Crippen molar-refractivity contribution in [1.29, 1.82) is 0 Å². The predicted octanol–water partition coefficient (Wildman–Crippen LogP) is -4.83. The molecule has 7 nitrogen and oxygen atoms in total. The van der Waals surface area contributed by atoms with Gasteiger partial charge in [0.05, 0.1) is 16.9 Å². The van der Waals surface area contributed by atoms with Crippen LogP contribution in [0.15, 0.2) is 52.7 Å². The van der Waals surface area contributed by atoms with Crippen molar-refractivity contribution in [2.45, 2.75) is 6.42 Å². The molecule has 0 amide bonds. The van der Waals surface area contributed by atoms with Gasteiger partial charge in [-0.15, -0.1) is 0 Å². The molecule has 0 aliphatic rings. The van der Waals surface area contributed by atoms with Crippen molar-refractivity contribution in [3.8, 4) is 5.75 Å². The smallest absolute Gasteiger partial charge is 0.872 e. The Morgan fingerprint density at radius 2 is 1.50 bits per heavy atom. The van der Waals surface area contributed by atoms with Gasteiger partial charge in [-0.1, -0.05) is 23.9 Å². The second-order valence-electron chi connectivity index (χ2n) is 4.40. The SMILES string of the molecule is O=C([O-])Cc1ccc(N=Nc2ccc([O-])c(C(=O)O)c2)cc1.[Na+].[Na+]. The van der Waals surface area contributed by atoms with Crippen LogP contribution >= 0.6 is 0 Å². The van der Waals surface area contributed by atoms with Gasteiger partial charge in [0.1, 0.15) is 0 Å². The number of rotatable bonds is 5. The molecule has 0 aliphatic carbocycles. The largest absolute Gasteiger partial charge is 1.00 e. The first-order valence-electron chi connectivity index (χ1n) is 6.20. The fourth-order valence-electron chi connectivity index (χ4n) is 1.71. The van der Waals surface area contributed by atoms with E-state index in [2.05, 4.69) is 10.2 Å². The van der Waals surface area contributed by atoms with E-state index in [0.29, 0.717) is 11.3 Å². The second-order valence-corrected chi connectivity index (χ2v) is 4.40. The molecule has 24 heavy (non-hydrogen) atoms. The first-order chi connectivity index (χ1) is 10.5. The molecule has 0 atom stereocenters. The molecule has 0 bridgehead atoms. The third kappa shape index (κ3) is 6.72. The van der Waals surface area contributed by atoms with E-state index in [-0.39, 0.29) is 76.8 Å². The maximum Gasteiger partial charge on any atom is 1.00 e. The van der Waals surface area contributed by atoms with Gasteiger partial charge in [-0.2, -0.15) is 10.2 Å². The number of benzene rings is 2. The third-order valence-electron chi connectivity index (χ3n) is 2.76. The Bertz CT molecular complexity index is 748. The van der Waals surface area contributed by atoms with Gasteiger partial charge < -0.3 is 20.1 Å². The molecule has 2 aromatic carbocycles. The van der Waals surface area contributed by atoms with Crippen molar-refractivity contribution < 1.29 is 84.0 Å². The zero-order valence-electron chi connectivity index (χ0n) is 13.2. The Balaban J connectivity index is 0.00000264. The molecule has 0 spiro atoms. The standard InChI is InChI=1S/C15H12N2O5.2Na/c18-13-6-5-11(8-12(13)15(21)22)17-16-10-3-1-9(2-4-10)7-14(19)20;;/h1-6,8,18H,7H2,(H,19,20)(H,21,22);;/q;2*+1/p-2. The Labute approximate surface area is 182 Å². The molecule has 2 aromatic rings. The van der Waals surface area contributed by atoms with Gasteiger partial charge in [0.2, 0.25) is 0 Å². The zero-order chi connectivity index (χ0) is 16.1. The average Bonchev–Trinajstić information content (AvgIpc) is 2.47.